The van der Waals surface area contributed by atoms with E-state index in [1.807, 2.05) is 53.5 Å². The Bertz CT molecular complexity index is 1300. The van der Waals surface area contributed by atoms with Crippen molar-refractivity contribution in [3.8, 4) is 11.5 Å². The van der Waals surface area contributed by atoms with Crippen molar-refractivity contribution in [1.29, 1.82) is 0 Å². The van der Waals surface area contributed by atoms with Gasteiger partial charge in [-0.3, -0.25) is 0 Å². The lowest BCUT2D eigenvalue weighted by molar-refractivity contribution is 0.174. The van der Waals surface area contributed by atoms with E-state index in [9.17, 15) is 0 Å². The van der Waals surface area contributed by atoms with Gasteiger partial charge in [0.1, 0.15) is 0 Å². The average molecular weight is 429 g/mol. The van der Waals surface area contributed by atoms with Gasteiger partial charge in [-0.2, -0.15) is 5.10 Å². The van der Waals surface area contributed by atoms with E-state index in [0.717, 1.165) is 55.8 Å². The molecule has 31 heavy (non-hydrogen) atoms. The number of ether oxygens (including phenoxy) is 2. The fraction of sp³-hybridized carbons (Fsp3) is 0.167. The van der Waals surface area contributed by atoms with Gasteiger partial charge in [0.15, 0.2) is 11.5 Å². The average Bonchev–Trinajstić information content (AvgIpc) is 3.38. The molecule has 7 heteroatoms. The summed E-state index contributed by atoms with van der Waals surface area (Å²) in [6.07, 6.45) is 0.809. The third-order valence-corrected chi connectivity index (χ3v) is 6.68. The van der Waals surface area contributed by atoms with Gasteiger partial charge in [0.05, 0.1) is 22.0 Å². The maximum atomic E-state index is 5.94. The van der Waals surface area contributed by atoms with Crippen molar-refractivity contribution in [3.05, 3.63) is 77.4 Å². The van der Waals surface area contributed by atoms with Crippen LogP contribution in [0.5, 0.6) is 11.5 Å². The minimum absolute atomic E-state index is 0.117. The van der Waals surface area contributed by atoms with Gasteiger partial charge in [-0.1, -0.05) is 35.6 Å². The second-order valence-electron chi connectivity index (χ2n) is 7.80. The lowest BCUT2D eigenvalue weighted by atomic mass is 9.94. The first-order valence-electron chi connectivity index (χ1n) is 10.2. The summed E-state index contributed by atoms with van der Waals surface area (Å²) in [6, 6.07) is 20.3. The number of para-hydroxylation sites is 1. The Balaban J connectivity index is 1.55. The molecule has 1 atom stereocenters. The number of nitrogen functional groups attached to an aromatic ring is 1. The molecule has 6 nitrogen and oxygen atoms in total. The van der Waals surface area contributed by atoms with Crippen molar-refractivity contribution >= 4 is 38.1 Å². The predicted octanol–water partition coefficient (Wildman–Crippen LogP) is 4.81. The normalized spacial score (nSPS) is 17.4. The zero-order chi connectivity index (χ0) is 20.9. The van der Waals surface area contributed by atoms with Crippen LogP contribution in [0, 0.1) is 0 Å². The molecule has 154 valence electrons. The molecule has 1 aromatic heterocycles. The Labute approximate surface area is 183 Å². The van der Waals surface area contributed by atoms with E-state index >= 15 is 0 Å². The molecule has 0 fully saturated rings. The second-order valence-corrected chi connectivity index (χ2v) is 8.80. The molecule has 4 aromatic rings. The Morgan fingerprint density at radius 2 is 1.81 bits per heavy atom. The SMILES string of the molecule is C[C@@H]1Cc2cc3c(cc2C(c2ccc(N)cc2)=NN1c1nc2ccccc2s1)OCO3. The van der Waals surface area contributed by atoms with Crippen LogP contribution in [0.4, 0.5) is 10.8 Å². The van der Waals surface area contributed by atoms with Crippen molar-refractivity contribution in [2.45, 2.75) is 19.4 Å². The number of anilines is 2. The molecule has 0 spiro atoms. The number of fused-ring (bicyclic) bond motifs is 3. The van der Waals surface area contributed by atoms with E-state index in [1.165, 1.54) is 5.56 Å². The molecule has 0 unspecified atom stereocenters. The Morgan fingerprint density at radius 1 is 1.03 bits per heavy atom. The molecule has 0 aliphatic carbocycles. The highest BCUT2D eigenvalue weighted by Gasteiger charge is 2.29. The lowest BCUT2D eigenvalue weighted by Crippen LogP contribution is -2.29. The summed E-state index contributed by atoms with van der Waals surface area (Å²) in [5.41, 5.74) is 11.7. The van der Waals surface area contributed by atoms with E-state index in [0.29, 0.717) is 0 Å². The highest BCUT2D eigenvalue weighted by Crippen LogP contribution is 2.39. The van der Waals surface area contributed by atoms with Gasteiger partial charge >= 0.3 is 0 Å². The van der Waals surface area contributed by atoms with Gasteiger partial charge in [0.2, 0.25) is 11.9 Å². The fourth-order valence-corrected chi connectivity index (χ4v) is 5.10. The number of benzene rings is 3. The highest BCUT2D eigenvalue weighted by molar-refractivity contribution is 7.22. The summed E-state index contributed by atoms with van der Waals surface area (Å²) >= 11 is 1.66. The molecule has 0 amide bonds. The van der Waals surface area contributed by atoms with Crippen LogP contribution in [0.25, 0.3) is 10.2 Å². The molecule has 6 rings (SSSR count). The minimum Gasteiger partial charge on any atom is -0.454 e. The van der Waals surface area contributed by atoms with Crippen LogP contribution in [0.1, 0.15) is 23.6 Å². The number of thiazole rings is 1. The molecular formula is C24H20N4O2S. The quantitative estimate of drug-likeness (QED) is 0.464. The fourth-order valence-electron chi connectivity index (χ4n) is 4.08. The molecule has 0 radical (unpaired) electrons. The van der Waals surface area contributed by atoms with Gasteiger partial charge in [0, 0.05) is 16.8 Å². The van der Waals surface area contributed by atoms with Crippen LogP contribution < -0.4 is 20.2 Å². The number of hydrazone groups is 1. The van der Waals surface area contributed by atoms with Crippen LogP contribution >= 0.6 is 11.3 Å². The summed E-state index contributed by atoms with van der Waals surface area (Å²) in [6.45, 7) is 2.43. The first-order valence-corrected chi connectivity index (χ1v) is 11.0. The summed E-state index contributed by atoms with van der Waals surface area (Å²) in [4.78, 5) is 4.86. The maximum absolute atomic E-state index is 5.94. The number of hydrogen-bond donors (Lipinski definition) is 1. The van der Waals surface area contributed by atoms with E-state index in [4.69, 9.17) is 25.3 Å². The monoisotopic (exact) mass is 428 g/mol. The Kier molecular flexibility index (Phi) is 4.11. The first kappa shape index (κ1) is 18.2. The van der Waals surface area contributed by atoms with Crippen LogP contribution in [0.3, 0.4) is 0 Å². The van der Waals surface area contributed by atoms with Gasteiger partial charge in [-0.05, 0) is 55.3 Å². The number of aromatic nitrogens is 1. The molecule has 3 heterocycles. The predicted molar refractivity (Wildman–Crippen MR) is 124 cm³/mol. The third-order valence-electron chi connectivity index (χ3n) is 5.66. The van der Waals surface area contributed by atoms with E-state index in [-0.39, 0.29) is 12.8 Å². The van der Waals surface area contributed by atoms with E-state index in [2.05, 4.69) is 19.1 Å². The molecular weight excluding hydrogens is 408 g/mol. The first-order chi connectivity index (χ1) is 15.2. The summed E-state index contributed by atoms with van der Waals surface area (Å²) in [5, 5.41) is 8.08. The molecule has 3 aromatic carbocycles. The summed E-state index contributed by atoms with van der Waals surface area (Å²) in [5.74, 6) is 1.54. The van der Waals surface area contributed by atoms with Crippen molar-refractivity contribution in [3.63, 3.8) is 0 Å². The topological polar surface area (TPSA) is 73.0 Å². The summed E-state index contributed by atoms with van der Waals surface area (Å²) in [7, 11) is 0. The van der Waals surface area contributed by atoms with Crippen LogP contribution in [-0.4, -0.2) is 23.5 Å². The standard InChI is InChI=1S/C24H20N4O2S/c1-14-10-16-11-20-21(30-13-29-20)12-18(16)23(15-6-8-17(25)9-7-15)27-28(14)24-26-19-4-2-3-5-22(19)31-24/h2-9,11-12,14H,10,13,25H2,1H3/t14-/m1/s1. The largest absolute Gasteiger partial charge is 0.454 e. The number of rotatable bonds is 2. The molecule has 2 N–H and O–H groups in total. The molecule has 0 bridgehead atoms. The van der Waals surface area contributed by atoms with Crippen molar-refractivity contribution < 1.29 is 9.47 Å². The van der Waals surface area contributed by atoms with E-state index < -0.39 is 0 Å². The van der Waals surface area contributed by atoms with Crippen molar-refractivity contribution in [2.75, 3.05) is 17.5 Å². The van der Waals surface area contributed by atoms with Crippen molar-refractivity contribution in [1.82, 2.24) is 4.98 Å². The minimum atomic E-state index is 0.117. The highest BCUT2D eigenvalue weighted by atomic mass is 32.1. The number of nitrogens with zero attached hydrogens (tertiary/aromatic N) is 3. The maximum Gasteiger partial charge on any atom is 0.231 e. The smallest absolute Gasteiger partial charge is 0.231 e. The van der Waals surface area contributed by atoms with Crippen LogP contribution in [-0.2, 0) is 6.42 Å². The van der Waals surface area contributed by atoms with Gasteiger partial charge < -0.3 is 15.2 Å². The lowest BCUT2D eigenvalue weighted by Gasteiger charge is -2.22. The summed E-state index contributed by atoms with van der Waals surface area (Å²) < 4.78 is 12.5. The molecule has 2 aliphatic heterocycles. The van der Waals surface area contributed by atoms with Crippen molar-refractivity contribution in [2.24, 2.45) is 5.10 Å². The molecule has 0 saturated heterocycles. The van der Waals surface area contributed by atoms with Gasteiger partial charge in [-0.15, -0.1) is 0 Å². The zero-order valence-electron chi connectivity index (χ0n) is 16.9. The van der Waals surface area contributed by atoms with Gasteiger partial charge in [0.25, 0.3) is 0 Å². The number of hydrogen-bond acceptors (Lipinski definition) is 7. The van der Waals surface area contributed by atoms with Crippen LogP contribution in [0.15, 0.2) is 65.8 Å². The second kappa shape index (κ2) is 6.99. The van der Waals surface area contributed by atoms with Crippen LogP contribution in [0.2, 0.25) is 0 Å². The molecule has 2 aliphatic rings. The Morgan fingerprint density at radius 3 is 2.61 bits per heavy atom. The third kappa shape index (κ3) is 3.09. The molecule has 0 saturated carbocycles. The zero-order valence-corrected chi connectivity index (χ0v) is 17.7. The van der Waals surface area contributed by atoms with Gasteiger partial charge in [-0.25, -0.2) is 9.99 Å². The Hall–Kier alpha value is -3.58. The van der Waals surface area contributed by atoms with E-state index in [1.54, 1.807) is 11.3 Å². The number of nitrogens with two attached hydrogens (primary N) is 1.